The second kappa shape index (κ2) is 8.55. The van der Waals surface area contributed by atoms with Gasteiger partial charge in [0.25, 0.3) is 5.56 Å². The van der Waals surface area contributed by atoms with E-state index in [4.69, 9.17) is 16.3 Å². The lowest BCUT2D eigenvalue weighted by atomic mass is 10.1. The Balaban J connectivity index is 1.44. The zero-order chi connectivity index (χ0) is 20.2. The molecule has 0 saturated heterocycles. The van der Waals surface area contributed by atoms with Crippen LogP contribution in [0.25, 0.3) is 0 Å². The van der Waals surface area contributed by atoms with Crippen LogP contribution in [0.15, 0.2) is 59.5 Å². The first-order valence-corrected chi connectivity index (χ1v) is 10.00. The lowest BCUT2D eigenvalue weighted by molar-refractivity contribution is 0.299. The molecule has 1 aromatic carbocycles. The first kappa shape index (κ1) is 19.3. The van der Waals surface area contributed by atoms with Crippen LogP contribution in [0.5, 0.6) is 5.75 Å². The highest BCUT2D eigenvalue weighted by atomic mass is 35.5. The topological polar surface area (TPSA) is 44.1 Å². The van der Waals surface area contributed by atoms with E-state index >= 15 is 0 Å². The molecule has 0 atom stereocenters. The van der Waals surface area contributed by atoms with Gasteiger partial charge in [0.2, 0.25) is 0 Å². The Labute approximate surface area is 175 Å². The van der Waals surface area contributed by atoms with Gasteiger partial charge >= 0.3 is 0 Å². The number of benzene rings is 1. The van der Waals surface area contributed by atoms with Crippen molar-refractivity contribution in [3.8, 4) is 17.6 Å². The molecule has 2 aromatic heterocycles. The van der Waals surface area contributed by atoms with Crippen LogP contribution >= 0.6 is 11.6 Å². The second-order valence-electron chi connectivity index (χ2n) is 7.25. The number of halogens is 1. The third-order valence-electron chi connectivity index (χ3n) is 4.77. The first-order valence-electron chi connectivity index (χ1n) is 9.62. The summed E-state index contributed by atoms with van der Waals surface area (Å²) < 4.78 is 7.46. The van der Waals surface area contributed by atoms with Crippen LogP contribution in [0, 0.1) is 24.7 Å². The summed E-state index contributed by atoms with van der Waals surface area (Å²) in [7, 11) is 0. The van der Waals surface area contributed by atoms with Gasteiger partial charge in [0, 0.05) is 34.5 Å². The number of hydrogen-bond acceptors (Lipinski definition) is 3. The van der Waals surface area contributed by atoms with E-state index in [-0.39, 0.29) is 12.2 Å². The molecule has 1 aliphatic rings. The quantitative estimate of drug-likeness (QED) is 0.584. The summed E-state index contributed by atoms with van der Waals surface area (Å²) in [5.74, 6) is 7.59. The SMILES string of the molecule is Cc1cc(OCc2cc(Cl)ccn2)cc(=O)n1Cc1ccc(C#CC2CC2)cc1. The average Bonchev–Trinajstić information content (AvgIpc) is 3.53. The van der Waals surface area contributed by atoms with Crippen LogP contribution in [-0.4, -0.2) is 9.55 Å². The highest BCUT2D eigenvalue weighted by Crippen LogP contribution is 2.27. The van der Waals surface area contributed by atoms with Crippen LogP contribution in [0.2, 0.25) is 5.02 Å². The molecule has 1 aliphatic carbocycles. The number of ether oxygens (including phenoxy) is 1. The van der Waals surface area contributed by atoms with Gasteiger partial charge in [-0.2, -0.15) is 0 Å². The van der Waals surface area contributed by atoms with Crippen molar-refractivity contribution in [2.24, 2.45) is 5.92 Å². The molecule has 0 bridgehead atoms. The molecule has 0 radical (unpaired) electrons. The Morgan fingerprint density at radius 1 is 1.17 bits per heavy atom. The van der Waals surface area contributed by atoms with E-state index in [0.29, 0.717) is 28.9 Å². The predicted octanol–water partition coefficient (Wildman–Crippen LogP) is 4.59. The maximum atomic E-state index is 12.6. The van der Waals surface area contributed by atoms with Crippen molar-refractivity contribution < 1.29 is 4.74 Å². The maximum absolute atomic E-state index is 12.6. The fraction of sp³-hybridized carbons (Fsp3) is 0.250. The molecular weight excluding hydrogens is 384 g/mol. The predicted molar refractivity (Wildman–Crippen MR) is 114 cm³/mol. The van der Waals surface area contributed by atoms with Crippen molar-refractivity contribution >= 4 is 11.6 Å². The van der Waals surface area contributed by atoms with E-state index < -0.39 is 0 Å². The molecular formula is C24H21ClN2O2. The van der Waals surface area contributed by atoms with Gasteiger partial charge in [-0.3, -0.25) is 9.78 Å². The Morgan fingerprint density at radius 2 is 1.97 bits per heavy atom. The fourth-order valence-electron chi connectivity index (χ4n) is 2.96. The number of hydrogen-bond donors (Lipinski definition) is 0. The summed E-state index contributed by atoms with van der Waals surface area (Å²) in [6, 6.07) is 14.9. The van der Waals surface area contributed by atoms with Crippen LogP contribution in [0.4, 0.5) is 0 Å². The second-order valence-corrected chi connectivity index (χ2v) is 7.69. The summed E-state index contributed by atoms with van der Waals surface area (Å²) in [4.78, 5) is 16.8. The number of nitrogens with zero attached hydrogens (tertiary/aromatic N) is 2. The first-order chi connectivity index (χ1) is 14.1. The molecule has 0 amide bonds. The van der Waals surface area contributed by atoms with Crippen LogP contribution in [-0.2, 0) is 13.2 Å². The summed E-state index contributed by atoms with van der Waals surface area (Å²) in [5, 5.41) is 0.606. The highest BCUT2D eigenvalue weighted by molar-refractivity contribution is 6.30. The maximum Gasteiger partial charge on any atom is 0.254 e. The summed E-state index contributed by atoms with van der Waals surface area (Å²) in [6.07, 6.45) is 4.08. The molecule has 3 aromatic rings. The van der Waals surface area contributed by atoms with Crippen molar-refractivity contribution in [2.75, 3.05) is 0 Å². The van der Waals surface area contributed by atoms with Gasteiger partial charge in [0.1, 0.15) is 12.4 Å². The van der Waals surface area contributed by atoms with Gasteiger partial charge < -0.3 is 9.30 Å². The zero-order valence-electron chi connectivity index (χ0n) is 16.2. The Kier molecular flexibility index (Phi) is 5.69. The van der Waals surface area contributed by atoms with E-state index in [1.807, 2.05) is 37.3 Å². The zero-order valence-corrected chi connectivity index (χ0v) is 16.9. The highest BCUT2D eigenvalue weighted by Gasteiger charge is 2.17. The van der Waals surface area contributed by atoms with Crippen LogP contribution < -0.4 is 10.3 Å². The number of pyridine rings is 2. The van der Waals surface area contributed by atoms with Crippen LogP contribution in [0.3, 0.4) is 0 Å². The molecule has 0 spiro atoms. The van der Waals surface area contributed by atoms with Gasteiger partial charge in [-0.25, -0.2) is 0 Å². The van der Waals surface area contributed by atoms with E-state index in [9.17, 15) is 4.79 Å². The molecule has 4 nitrogen and oxygen atoms in total. The van der Waals surface area contributed by atoms with Gasteiger partial charge in [0.15, 0.2) is 0 Å². The lowest BCUT2D eigenvalue weighted by Crippen LogP contribution is -2.22. The molecule has 4 rings (SSSR count). The van der Waals surface area contributed by atoms with Crippen LogP contribution in [0.1, 0.15) is 35.4 Å². The van der Waals surface area contributed by atoms with Crippen molar-refractivity contribution in [3.05, 3.63) is 92.6 Å². The lowest BCUT2D eigenvalue weighted by Gasteiger charge is -2.13. The van der Waals surface area contributed by atoms with Crippen molar-refractivity contribution in [1.82, 2.24) is 9.55 Å². The van der Waals surface area contributed by atoms with E-state index in [0.717, 1.165) is 16.8 Å². The standard InChI is InChI=1S/C24H21ClN2O2/c1-17-12-23(29-16-22-13-21(25)10-11-26-22)14-24(28)27(17)15-20-8-6-19(7-9-20)5-4-18-2-3-18/h6-14,18H,2-3,15-16H2,1H3. The molecule has 0 aliphatic heterocycles. The largest absolute Gasteiger partial charge is 0.487 e. The summed E-state index contributed by atoms with van der Waals surface area (Å²) >= 11 is 5.96. The molecule has 1 saturated carbocycles. The Morgan fingerprint density at radius 3 is 2.66 bits per heavy atom. The van der Waals surface area contributed by atoms with E-state index in [2.05, 4.69) is 16.8 Å². The van der Waals surface area contributed by atoms with Crippen molar-refractivity contribution in [2.45, 2.75) is 32.9 Å². The number of rotatable bonds is 5. The molecule has 29 heavy (non-hydrogen) atoms. The van der Waals surface area contributed by atoms with E-state index in [1.54, 1.807) is 22.9 Å². The third-order valence-corrected chi connectivity index (χ3v) is 5.00. The normalized spacial score (nSPS) is 12.9. The smallest absolute Gasteiger partial charge is 0.254 e. The summed E-state index contributed by atoms with van der Waals surface area (Å²) in [5.41, 5.74) is 3.53. The molecule has 146 valence electrons. The number of aromatic nitrogens is 2. The minimum atomic E-state index is -0.100. The van der Waals surface area contributed by atoms with Crippen molar-refractivity contribution in [1.29, 1.82) is 0 Å². The monoisotopic (exact) mass is 404 g/mol. The minimum Gasteiger partial charge on any atom is -0.487 e. The third kappa shape index (κ3) is 5.28. The Bertz CT molecular complexity index is 1140. The fourth-order valence-corrected chi connectivity index (χ4v) is 3.14. The summed E-state index contributed by atoms with van der Waals surface area (Å²) in [6.45, 7) is 2.67. The molecule has 0 N–H and O–H groups in total. The van der Waals surface area contributed by atoms with Gasteiger partial charge in [0.05, 0.1) is 12.2 Å². The molecule has 2 heterocycles. The van der Waals surface area contributed by atoms with Gasteiger partial charge in [-0.15, -0.1) is 0 Å². The number of aryl methyl sites for hydroxylation is 1. The average molecular weight is 405 g/mol. The Hall–Kier alpha value is -3.03. The minimum absolute atomic E-state index is 0.100. The van der Waals surface area contributed by atoms with Gasteiger partial charge in [-0.1, -0.05) is 35.6 Å². The van der Waals surface area contributed by atoms with Gasteiger partial charge in [-0.05, 0) is 55.7 Å². The van der Waals surface area contributed by atoms with E-state index in [1.165, 1.54) is 18.9 Å². The molecule has 5 heteroatoms. The van der Waals surface area contributed by atoms with Crippen molar-refractivity contribution in [3.63, 3.8) is 0 Å². The molecule has 0 unspecified atom stereocenters. The molecule has 1 fully saturated rings.